The number of hydrogen-bond acceptors (Lipinski definition) is 3. The second-order valence-corrected chi connectivity index (χ2v) is 5.24. The third-order valence-corrected chi connectivity index (χ3v) is 3.81. The number of piperazine rings is 1. The molecule has 2 fully saturated rings. The van der Waals surface area contributed by atoms with E-state index in [0.29, 0.717) is 5.92 Å². The Balaban J connectivity index is 1.60. The van der Waals surface area contributed by atoms with E-state index in [1.165, 1.54) is 52.0 Å². The molecule has 0 spiro atoms. The van der Waals surface area contributed by atoms with E-state index in [0.717, 1.165) is 12.6 Å². The first kappa shape index (κ1) is 11.4. The van der Waals surface area contributed by atoms with Crippen molar-refractivity contribution in [1.82, 2.24) is 9.80 Å². The fraction of sp³-hybridized carbons (Fsp3) is 1.00. The van der Waals surface area contributed by atoms with Crippen LogP contribution < -0.4 is 5.73 Å². The molecule has 1 saturated heterocycles. The van der Waals surface area contributed by atoms with Gasteiger partial charge in [-0.05, 0) is 38.3 Å². The van der Waals surface area contributed by atoms with Crippen LogP contribution in [-0.2, 0) is 0 Å². The van der Waals surface area contributed by atoms with Crippen molar-refractivity contribution in [3.05, 3.63) is 0 Å². The van der Waals surface area contributed by atoms with Crippen LogP contribution in [0.1, 0.15) is 26.2 Å². The van der Waals surface area contributed by atoms with Gasteiger partial charge in [-0.1, -0.05) is 6.92 Å². The smallest absolute Gasteiger partial charge is 0.0113 e. The summed E-state index contributed by atoms with van der Waals surface area (Å²) in [4.78, 5) is 5.27. The zero-order valence-electron chi connectivity index (χ0n) is 9.99. The van der Waals surface area contributed by atoms with Crippen LogP contribution in [0.15, 0.2) is 0 Å². The van der Waals surface area contributed by atoms with E-state index in [1.54, 1.807) is 0 Å². The van der Waals surface area contributed by atoms with Crippen molar-refractivity contribution in [1.29, 1.82) is 0 Å². The lowest BCUT2D eigenvalue weighted by atomic mass is 10.1. The van der Waals surface area contributed by atoms with Crippen LogP contribution in [0.2, 0.25) is 0 Å². The zero-order chi connectivity index (χ0) is 10.7. The monoisotopic (exact) mass is 211 g/mol. The third kappa shape index (κ3) is 3.44. The largest absolute Gasteiger partial charge is 0.330 e. The normalized spacial score (nSPS) is 26.8. The van der Waals surface area contributed by atoms with Gasteiger partial charge in [-0.25, -0.2) is 0 Å². The summed E-state index contributed by atoms with van der Waals surface area (Å²) in [7, 11) is 0. The minimum absolute atomic E-state index is 0.687. The lowest BCUT2D eigenvalue weighted by molar-refractivity contribution is 0.122. The highest BCUT2D eigenvalue weighted by Crippen LogP contribution is 2.27. The van der Waals surface area contributed by atoms with Crippen molar-refractivity contribution in [3.8, 4) is 0 Å². The van der Waals surface area contributed by atoms with E-state index in [2.05, 4.69) is 16.7 Å². The molecular formula is C12H25N3. The van der Waals surface area contributed by atoms with Gasteiger partial charge < -0.3 is 10.6 Å². The lowest BCUT2D eigenvalue weighted by Crippen LogP contribution is -2.47. The summed E-state index contributed by atoms with van der Waals surface area (Å²) in [5.41, 5.74) is 5.63. The van der Waals surface area contributed by atoms with E-state index in [-0.39, 0.29) is 0 Å². The van der Waals surface area contributed by atoms with Crippen LogP contribution in [0.25, 0.3) is 0 Å². The molecule has 88 valence electrons. The molecule has 1 aliphatic carbocycles. The van der Waals surface area contributed by atoms with E-state index >= 15 is 0 Å². The van der Waals surface area contributed by atoms with Crippen molar-refractivity contribution in [3.63, 3.8) is 0 Å². The standard InChI is InChI=1S/C12H25N3/c1-11(10-13)4-5-14-6-8-15(9-7-14)12-2-3-12/h11-12H,2-10,13H2,1H3. The second-order valence-electron chi connectivity index (χ2n) is 5.24. The van der Waals surface area contributed by atoms with Gasteiger partial charge >= 0.3 is 0 Å². The molecule has 2 aliphatic rings. The molecule has 0 bridgehead atoms. The van der Waals surface area contributed by atoms with Crippen molar-refractivity contribution in [2.75, 3.05) is 39.3 Å². The summed E-state index contributed by atoms with van der Waals surface area (Å²) in [5.74, 6) is 0.687. The van der Waals surface area contributed by atoms with Gasteiger partial charge in [0.1, 0.15) is 0 Å². The molecule has 1 saturated carbocycles. The maximum Gasteiger partial charge on any atom is 0.0113 e. The van der Waals surface area contributed by atoms with Gasteiger partial charge in [0, 0.05) is 32.2 Å². The van der Waals surface area contributed by atoms with E-state index < -0.39 is 0 Å². The van der Waals surface area contributed by atoms with Crippen LogP contribution >= 0.6 is 0 Å². The fourth-order valence-electron chi connectivity index (χ4n) is 2.31. The highest BCUT2D eigenvalue weighted by Gasteiger charge is 2.30. The summed E-state index contributed by atoms with van der Waals surface area (Å²) in [6, 6.07) is 0.954. The first-order valence-electron chi connectivity index (χ1n) is 6.46. The predicted molar refractivity (Wildman–Crippen MR) is 63.9 cm³/mol. The lowest BCUT2D eigenvalue weighted by Gasteiger charge is -2.35. The second kappa shape index (κ2) is 5.28. The molecule has 2 rings (SSSR count). The van der Waals surface area contributed by atoms with Gasteiger partial charge in [-0.15, -0.1) is 0 Å². The predicted octanol–water partition coefficient (Wildman–Crippen LogP) is 0.751. The summed E-state index contributed by atoms with van der Waals surface area (Å²) < 4.78 is 0. The summed E-state index contributed by atoms with van der Waals surface area (Å²) in [6.45, 7) is 9.46. The molecule has 1 heterocycles. The molecule has 15 heavy (non-hydrogen) atoms. The molecule has 0 aromatic rings. The molecule has 1 aliphatic heterocycles. The number of nitrogens with two attached hydrogens (primary N) is 1. The Bertz CT molecular complexity index is 183. The summed E-state index contributed by atoms with van der Waals surface area (Å²) in [5, 5.41) is 0. The molecule has 1 atom stereocenters. The van der Waals surface area contributed by atoms with Gasteiger partial charge in [-0.2, -0.15) is 0 Å². The first-order chi connectivity index (χ1) is 7.29. The van der Waals surface area contributed by atoms with Gasteiger partial charge in [-0.3, -0.25) is 4.90 Å². The Hall–Kier alpha value is -0.120. The average molecular weight is 211 g/mol. The van der Waals surface area contributed by atoms with Crippen molar-refractivity contribution >= 4 is 0 Å². The highest BCUT2D eigenvalue weighted by molar-refractivity contribution is 4.87. The van der Waals surface area contributed by atoms with Crippen molar-refractivity contribution < 1.29 is 0 Å². The van der Waals surface area contributed by atoms with Gasteiger partial charge in [0.05, 0.1) is 0 Å². The van der Waals surface area contributed by atoms with E-state index in [1.807, 2.05) is 0 Å². The number of rotatable bonds is 5. The van der Waals surface area contributed by atoms with E-state index in [9.17, 15) is 0 Å². The molecule has 3 heteroatoms. The van der Waals surface area contributed by atoms with Crippen LogP contribution in [0.4, 0.5) is 0 Å². The van der Waals surface area contributed by atoms with Crippen LogP contribution in [0, 0.1) is 5.92 Å². The average Bonchev–Trinajstić information content (AvgIpc) is 3.10. The SMILES string of the molecule is CC(CN)CCN1CCN(C2CC2)CC1. The molecule has 0 radical (unpaired) electrons. The summed E-state index contributed by atoms with van der Waals surface area (Å²) in [6.07, 6.45) is 4.16. The fourth-order valence-corrected chi connectivity index (χ4v) is 2.31. The molecule has 3 nitrogen and oxygen atoms in total. The molecule has 0 aromatic heterocycles. The number of hydrogen-bond donors (Lipinski definition) is 1. The van der Waals surface area contributed by atoms with Gasteiger partial charge in [0.25, 0.3) is 0 Å². The first-order valence-corrected chi connectivity index (χ1v) is 6.46. The Morgan fingerprint density at radius 2 is 1.87 bits per heavy atom. The maximum atomic E-state index is 5.63. The molecule has 0 aromatic carbocycles. The maximum absolute atomic E-state index is 5.63. The Labute approximate surface area is 93.6 Å². The minimum atomic E-state index is 0.687. The molecular weight excluding hydrogens is 186 g/mol. The molecule has 1 unspecified atom stereocenters. The summed E-state index contributed by atoms with van der Waals surface area (Å²) >= 11 is 0. The van der Waals surface area contributed by atoms with Gasteiger partial charge in [0.2, 0.25) is 0 Å². The van der Waals surface area contributed by atoms with Crippen molar-refractivity contribution in [2.24, 2.45) is 11.7 Å². The topological polar surface area (TPSA) is 32.5 Å². The molecule has 2 N–H and O–H groups in total. The number of nitrogens with zero attached hydrogens (tertiary/aromatic N) is 2. The zero-order valence-corrected chi connectivity index (χ0v) is 9.99. The van der Waals surface area contributed by atoms with Crippen LogP contribution in [-0.4, -0.2) is 55.1 Å². The minimum Gasteiger partial charge on any atom is -0.330 e. The van der Waals surface area contributed by atoms with Gasteiger partial charge in [0.15, 0.2) is 0 Å². The van der Waals surface area contributed by atoms with Crippen LogP contribution in [0.3, 0.4) is 0 Å². The Morgan fingerprint density at radius 1 is 1.20 bits per heavy atom. The highest BCUT2D eigenvalue weighted by atomic mass is 15.3. The van der Waals surface area contributed by atoms with E-state index in [4.69, 9.17) is 5.73 Å². The quantitative estimate of drug-likeness (QED) is 0.728. The molecule has 0 amide bonds. The Kier molecular flexibility index (Phi) is 4.00. The third-order valence-electron chi connectivity index (χ3n) is 3.81. The Morgan fingerprint density at radius 3 is 2.40 bits per heavy atom. The van der Waals surface area contributed by atoms with Crippen molar-refractivity contribution in [2.45, 2.75) is 32.2 Å². The van der Waals surface area contributed by atoms with Crippen LogP contribution in [0.5, 0.6) is 0 Å².